The number of anilines is 1. The zero-order valence-corrected chi connectivity index (χ0v) is 11.1. The van der Waals surface area contributed by atoms with Gasteiger partial charge in [-0.15, -0.1) is 0 Å². The summed E-state index contributed by atoms with van der Waals surface area (Å²) in [4.78, 5) is 18.2. The SMILES string of the molecule is Cc1ncccc1C(=O)N(C)c1ccccc1CN. The van der Waals surface area contributed by atoms with Crippen LogP contribution in [0.1, 0.15) is 21.6 Å². The topological polar surface area (TPSA) is 59.2 Å². The number of benzene rings is 1. The first-order chi connectivity index (χ1) is 9.15. The van der Waals surface area contributed by atoms with Crippen LogP contribution in [0.15, 0.2) is 42.6 Å². The molecule has 0 spiro atoms. The van der Waals surface area contributed by atoms with E-state index < -0.39 is 0 Å². The maximum atomic E-state index is 12.5. The quantitative estimate of drug-likeness (QED) is 0.914. The van der Waals surface area contributed by atoms with Crippen molar-refractivity contribution in [1.82, 2.24) is 4.98 Å². The highest BCUT2D eigenvalue weighted by Crippen LogP contribution is 2.21. The molecular weight excluding hydrogens is 238 g/mol. The Balaban J connectivity index is 2.37. The summed E-state index contributed by atoms with van der Waals surface area (Å²) in [6, 6.07) is 11.2. The van der Waals surface area contributed by atoms with E-state index in [9.17, 15) is 4.79 Å². The maximum absolute atomic E-state index is 12.5. The van der Waals surface area contributed by atoms with Gasteiger partial charge in [0.05, 0.1) is 5.56 Å². The van der Waals surface area contributed by atoms with Crippen molar-refractivity contribution >= 4 is 11.6 Å². The number of carbonyl (C=O) groups is 1. The number of para-hydroxylation sites is 1. The molecule has 0 unspecified atom stereocenters. The Morgan fingerprint density at radius 2 is 2.00 bits per heavy atom. The van der Waals surface area contributed by atoms with Gasteiger partial charge in [0.1, 0.15) is 0 Å². The van der Waals surface area contributed by atoms with Crippen LogP contribution in [-0.4, -0.2) is 17.9 Å². The van der Waals surface area contributed by atoms with Crippen molar-refractivity contribution in [2.24, 2.45) is 5.73 Å². The molecule has 0 aliphatic carbocycles. The summed E-state index contributed by atoms with van der Waals surface area (Å²) in [5, 5.41) is 0. The van der Waals surface area contributed by atoms with Crippen LogP contribution >= 0.6 is 0 Å². The van der Waals surface area contributed by atoms with Crippen LogP contribution in [-0.2, 0) is 6.54 Å². The summed E-state index contributed by atoms with van der Waals surface area (Å²) in [5.41, 5.74) is 8.82. The molecule has 1 aromatic carbocycles. The van der Waals surface area contributed by atoms with Gasteiger partial charge in [-0.3, -0.25) is 9.78 Å². The first-order valence-electron chi connectivity index (χ1n) is 6.12. The fourth-order valence-electron chi connectivity index (χ4n) is 2.01. The van der Waals surface area contributed by atoms with Crippen molar-refractivity contribution < 1.29 is 4.79 Å². The zero-order valence-electron chi connectivity index (χ0n) is 11.1. The van der Waals surface area contributed by atoms with Gasteiger partial charge < -0.3 is 10.6 Å². The minimum absolute atomic E-state index is 0.0773. The second kappa shape index (κ2) is 5.63. The van der Waals surface area contributed by atoms with Crippen LogP contribution in [0.25, 0.3) is 0 Å². The molecule has 1 amide bonds. The molecule has 0 aliphatic rings. The number of aryl methyl sites for hydroxylation is 1. The first kappa shape index (κ1) is 13.2. The van der Waals surface area contributed by atoms with E-state index in [1.54, 1.807) is 30.3 Å². The number of hydrogen-bond acceptors (Lipinski definition) is 3. The predicted octanol–water partition coefficient (Wildman–Crippen LogP) is 2.13. The van der Waals surface area contributed by atoms with Crippen molar-refractivity contribution in [1.29, 1.82) is 0 Å². The number of amides is 1. The lowest BCUT2D eigenvalue weighted by atomic mass is 10.1. The lowest BCUT2D eigenvalue weighted by molar-refractivity contribution is 0.0992. The molecule has 0 saturated carbocycles. The van der Waals surface area contributed by atoms with Gasteiger partial charge in [-0.1, -0.05) is 18.2 Å². The van der Waals surface area contributed by atoms with E-state index >= 15 is 0 Å². The van der Waals surface area contributed by atoms with Crippen LogP contribution in [0.3, 0.4) is 0 Å². The van der Waals surface area contributed by atoms with Crippen molar-refractivity contribution in [3.8, 4) is 0 Å². The molecule has 0 saturated heterocycles. The summed E-state index contributed by atoms with van der Waals surface area (Å²) in [6.07, 6.45) is 1.68. The highest BCUT2D eigenvalue weighted by Gasteiger charge is 2.17. The number of aromatic nitrogens is 1. The average Bonchev–Trinajstić information content (AvgIpc) is 2.46. The number of rotatable bonds is 3. The summed E-state index contributed by atoms with van der Waals surface area (Å²) in [5.74, 6) is -0.0773. The second-order valence-corrected chi connectivity index (χ2v) is 4.33. The second-order valence-electron chi connectivity index (χ2n) is 4.33. The minimum atomic E-state index is -0.0773. The van der Waals surface area contributed by atoms with E-state index in [4.69, 9.17) is 5.73 Å². The fraction of sp³-hybridized carbons (Fsp3) is 0.200. The van der Waals surface area contributed by atoms with E-state index in [1.807, 2.05) is 31.2 Å². The molecule has 2 N–H and O–H groups in total. The van der Waals surface area contributed by atoms with E-state index in [1.165, 1.54) is 0 Å². The molecule has 0 atom stereocenters. The van der Waals surface area contributed by atoms with Crippen LogP contribution in [0.4, 0.5) is 5.69 Å². The van der Waals surface area contributed by atoms with Gasteiger partial charge in [-0.05, 0) is 30.7 Å². The van der Waals surface area contributed by atoms with Crippen molar-refractivity contribution in [3.63, 3.8) is 0 Å². The largest absolute Gasteiger partial charge is 0.326 e. The highest BCUT2D eigenvalue weighted by atomic mass is 16.2. The summed E-state index contributed by atoms with van der Waals surface area (Å²) in [7, 11) is 1.75. The van der Waals surface area contributed by atoms with Crippen molar-refractivity contribution in [3.05, 3.63) is 59.4 Å². The van der Waals surface area contributed by atoms with Gasteiger partial charge in [-0.25, -0.2) is 0 Å². The molecule has 2 aromatic rings. The summed E-state index contributed by atoms with van der Waals surface area (Å²) in [6.45, 7) is 2.23. The Kier molecular flexibility index (Phi) is 3.92. The Labute approximate surface area is 112 Å². The smallest absolute Gasteiger partial charge is 0.259 e. The third kappa shape index (κ3) is 2.63. The average molecular weight is 255 g/mol. The first-order valence-corrected chi connectivity index (χ1v) is 6.12. The maximum Gasteiger partial charge on any atom is 0.259 e. The predicted molar refractivity (Wildman–Crippen MR) is 76.0 cm³/mol. The molecular formula is C15H17N3O. The van der Waals surface area contributed by atoms with E-state index in [0.29, 0.717) is 12.1 Å². The van der Waals surface area contributed by atoms with Gasteiger partial charge in [0, 0.05) is 31.2 Å². The molecule has 1 heterocycles. The van der Waals surface area contributed by atoms with Crippen LogP contribution in [0.5, 0.6) is 0 Å². The number of pyridine rings is 1. The lowest BCUT2D eigenvalue weighted by Gasteiger charge is -2.20. The summed E-state index contributed by atoms with van der Waals surface area (Å²) < 4.78 is 0. The Bertz CT molecular complexity index is 595. The molecule has 0 aliphatic heterocycles. The molecule has 2 rings (SSSR count). The third-order valence-corrected chi connectivity index (χ3v) is 3.11. The van der Waals surface area contributed by atoms with Crippen LogP contribution in [0.2, 0.25) is 0 Å². The van der Waals surface area contributed by atoms with Crippen molar-refractivity contribution in [2.75, 3.05) is 11.9 Å². The molecule has 98 valence electrons. The number of nitrogens with zero attached hydrogens (tertiary/aromatic N) is 2. The Hall–Kier alpha value is -2.20. The summed E-state index contributed by atoms with van der Waals surface area (Å²) >= 11 is 0. The third-order valence-electron chi connectivity index (χ3n) is 3.11. The molecule has 4 heteroatoms. The van der Waals surface area contributed by atoms with E-state index in [0.717, 1.165) is 16.9 Å². The lowest BCUT2D eigenvalue weighted by Crippen LogP contribution is -2.28. The standard InChI is InChI=1S/C15H17N3O/c1-11-13(7-5-9-17-11)15(19)18(2)14-8-4-3-6-12(14)10-16/h3-9H,10,16H2,1-2H3. The molecule has 0 radical (unpaired) electrons. The van der Waals surface area contributed by atoms with Gasteiger partial charge in [0.15, 0.2) is 0 Å². The number of hydrogen-bond donors (Lipinski definition) is 1. The number of carbonyl (C=O) groups excluding carboxylic acids is 1. The van der Waals surface area contributed by atoms with Gasteiger partial charge in [-0.2, -0.15) is 0 Å². The van der Waals surface area contributed by atoms with E-state index in [2.05, 4.69) is 4.98 Å². The van der Waals surface area contributed by atoms with E-state index in [-0.39, 0.29) is 5.91 Å². The fourth-order valence-corrected chi connectivity index (χ4v) is 2.01. The molecule has 4 nitrogen and oxygen atoms in total. The van der Waals surface area contributed by atoms with Gasteiger partial charge in [0.2, 0.25) is 0 Å². The monoisotopic (exact) mass is 255 g/mol. The van der Waals surface area contributed by atoms with Crippen molar-refractivity contribution in [2.45, 2.75) is 13.5 Å². The Morgan fingerprint density at radius 1 is 1.26 bits per heavy atom. The molecule has 0 bridgehead atoms. The Morgan fingerprint density at radius 3 is 2.68 bits per heavy atom. The van der Waals surface area contributed by atoms with Gasteiger partial charge in [0.25, 0.3) is 5.91 Å². The number of nitrogens with two attached hydrogens (primary N) is 1. The molecule has 0 fully saturated rings. The minimum Gasteiger partial charge on any atom is -0.326 e. The molecule has 19 heavy (non-hydrogen) atoms. The van der Waals surface area contributed by atoms with Crippen LogP contribution < -0.4 is 10.6 Å². The zero-order chi connectivity index (χ0) is 13.8. The highest BCUT2D eigenvalue weighted by molar-refractivity contribution is 6.06. The van der Waals surface area contributed by atoms with Gasteiger partial charge >= 0.3 is 0 Å². The van der Waals surface area contributed by atoms with Crippen LogP contribution in [0, 0.1) is 6.92 Å². The molecule has 1 aromatic heterocycles. The normalized spacial score (nSPS) is 10.3.